The van der Waals surface area contributed by atoms with Crippen molar-refractivity contribution in [3.63, 3.8) is 0 Å². The number of halogens is 2. The van der Waals surface area contributed by atoms with Gasteiger partial charge in [0, 0.05) is 32.9 Å². The molecule has 1 atom stereocenters. The summed E-state index contributed by atoms with van der Waals surface area (Å²) in [6, 6.07) is 15.0. The van der Waals surface area contributed by atoms with Gasteiger partial charge in [0.2, 0.25) is 11.8 Å². The summed E-state index contributed by atoms with van der Waals surface area (Å²) in [4.78, 5) is 28.7. The van der Waals surface area contributed by atoms with Crippen molar-refractivity contribution in [3.05, 3.63) is 63.6 Å². The standard InChI is InChI=1S/C24H30BrClN2O2S/c1-17(23(30)27-24(2,3)4)28(16-18-7-9-19(25)10-8-18)22(29)6-5-15-31-21-13-11-20(26)12-14-21/h7-14,17H,5-6,15-16H2,1-4H3,(H,27,30)/t17-/m0/s1. The van der Waals surface area contributed by atoms with E-state index in [9.17, 15) is 9.59 Å². The molecule has 2 aromatic rings. The quantitative estimate of drug-likeness (QED) is 0.308. The van der Waals surface area contributed by atoms with Crippen LogP contribution in [-0.4, -0.2) is 34.0 Å². The fourth-order valence-electron chi connectivity index (χ4n) is 2.93. The molecule has 0 radical (unpaired) electrons. The molecule has 1 N–H and O–H groups in total. The normalized spacial score (nSPS) is 12.3. The molecule has 168 valence electrons. The van der Waals surface area contributed by atoms with Crippen LogP contribution in [0.1, 0.15) is 46.1 Å². The Balaban J connectivity index is 2.01. The molecule has 7 heteroatoms. The molecule has 0 saturated heterocycles. The summed E-state index contributed by atoms with van der Waals surface area (Å²) >= 11 is 11.1. The number of nitrogens with one attached hydrogen (secondary N) is 1. The number of amides is 2. The number of benzene rings is 2. The minimum atomic E-state index is -0.556. The maximum Gasteiger partial charge on any atom is 0.242 e. The average Bonchev–Trinajstić information content (AvgIpc) is 2.70. The van der Waals surface area contributed by atoms with Gasteiger partial charge in [-0.15, -0.1) is 11.8 Å². The third-order valence-electron chi connectivity index (χ3n) is 4.55. The first-order valence-corrected chi connectivity index (χ1v) is 12.4. The van der Waals surface area contributed by atoms with Crippen molar-refractivity contribution in [1.82, 2.24) is 10.2 Å². The van der Waals surface area contributed by atoms with E-state index in [1.54, 1.807) is 23.6 Å². The van der Waals surface area contributed by atoms with Gasteiger partial charge in [-0.05, 0) is 81.8 Å². The molecule has 0 spiro atoms. The van der Waals surface area contributed by atoms with Crippen LogP contribution in [0.25, 0.3) is 0 Å². The molecule has 0 aliphatic rings. The van der Waals surface area contributed by atoms with Gasteiger partial charge < -0.3 is 10.2 Å². The van der Waals surface area contributed by atoms with Crippen molar-refractivity contribution in [2.45, 2.75) is 63.6 Å². The van der Waals surface area contributed by atoms with Gasteiger partial charge in [0.15, 0.2) is 0 Å². The SMILES string of the molecule is C[C@@H](C(=O)NC(C)(C)C)N(Cc1ccc(Br)cc1)C(=O)CCCSc1ccc(Cl)cc1. The number of hydrogen-bond donors (Lipinski definition) is 1. The largest absolute Gasteiger partial charge is 0.350 e. The van der Waals surface area contributed by atoms with Gasteiger partial charge in [-0.25, -0.2) is 0 Å². The van der Waals surface area contributed by atoms with E-state index < -0.39 is 6.04 Å². The summed E-state index contributed by atoms with van der Waals surface area (Å²) in [6.45, 7) is 8.00. The maximum atomic E-state index is 13.1. The summed E-state index contributed by atoms with van der Waals surface area (Å²) in [5.74, 6) is 0.659. The van der Waals surface area contributed by atoms with Crippen LogP contribution in [0.3, 0.4) is 0 Å². The predicted octanol–water partition coefficient (Wildman–Crippen LogP) is 6.31. The van der Waals surface area contributed by atoms with Crippen molar-refractivity contribution in [2.75, 3.05) is 5.75 Å². The lowest BCUT2D eigenvalue weighted by Crippen LogP contribution is -2.52. The Hall–Kier alpha value is -1.50. The van der Waals surface area contributed by atoms with Gasteiger partial charge in [0.05, 0.1) is 0 Å². The minimum absolute atomic E-state index is 0.0174. The summed E-state index contributed by atoms with van der Waals surface area (Å²) in [5.41, 5.74) is 0.634. The topological polar surface area (TPSA) is 49.4 Å². The first-order valence-electron chi connectivity index (χ1n) is 10.3. The van der Waals surface area contributed by atoms with Crippen molar-refractivity contribution < 1.29 is 9.59 Å². The molecule has 2 rings (SSSR count). The van der Waals surface area contributed by atoms with Crippen LogP contribution in [0.2, 0.25) is 5.02 Å². The van der Waals surface area contributed by atoms with Crippen LogP contribution >= 0.6 is 39.3 Å². The van der Waals surface area contributed by atoms with E-state index in [4.69, 9.17) is 11.6 Å². The third-order valence-corrected chi connectivity index (χ3v) is 6.43. The van der Waals surface area contributed by atoms with Crippen molar-refractivity contribution in [3.8, 4) is 0 Å². The molecular weight excluding hydrogens is 496 g/mol. The zero-order valence-electron chi connectivity index (χ0n) is 18.5. The molecule has 0 unspecified atom stereocenters. The summed E-state index contributed by atoms with van der Waals surface area (Å²) in [6.07, 6.45) is 1.13. The first kappa shape index (κ1) is 25.8. The first-order chi connectivity index (χ1) is 14.5. The van der Waals surface area contributed by atoms with Gasteiger partial charge in [0.1, 0.15) is 6.04 Å². The van der Waals surface area contributed by atoms with E-state index in [-0.39, 0.29) is 17.4 Å². The van der Waals surface area contributed by atoms with Crippen molar-refractivity contribution >= 4 is 51.1 Å². The summed E-state index contributed by atoms with van der Waals surface area (Å²) in [5, 5.41) is 3.70. The number of thioether (sulfide) groups is 1. The Bertz CT molecular complexity index is 867. The average molecular weight is 526 g/mol. The molecule has 2 aromatic carbocycles. The summed E-state index contributed by atoms with van der Waals surface area (Å²) < 4.78 is 0.979. The molecule has 2 amide bonds. The van der Waals surface area contributed by atoms with Gasteiger partial charge in [-0.2, -0.15) is 0 Å². The molecule has 0 aliphatic carbocycles. The Morgan fingerprint density at radius 2 is 1.71 bits per heavy atom. The van der Waals surface area contributed by atoms with E-state index in [2.05, 4.69) is 21.2 Å². The molecule has 31 heavy (non-hydrogen) atoms. The predicted molar refractivity (Wildman–Crippen MR) is 133 cm³/mol. The molecule has 0 bridgehead atoms. The second-order valence-corrected chi connectivity index (χ2v) is 11.0. The van der Waals surface area contributed by atoms with Gasteiger partial charge in [0.25, 0.3) is 0 Å². The Morgan fingerprint density at radius 1 is 1.10 bits per heavy atom. The second-order valence-electron chi connectivity index (χ2n) is 8.47. The van der Waals surface area contributed by atoms with Crippen LogP contribution in [0.15, 0.2) is 57.9 Å². The lowest BCUT2D eigenvalue weighted by atomic mass is 10.1. The highest BCUT2D eigenvalue weighted by Gasteiger charge is 2.28. The number of carbonyl (C=O) groups is 2. The van der Waals surface area contributed by atoms with Gasteiger partial charge in [-0.1, -0.05) is 39.7 Å². The molecule has 0 fully saturated rings. The van der Waals surface area contributed by atoms with Crippen molar-refractivity contribution in [1.29, 1.82) is 0 Å². The lowest BCUT2D eigenvalue weighted by molar-refractivity contribution is -0.141. The molecule has 0 heterocycles. The van der Waals surface area contributed by atoms with E-state index in [0.717, 1.165) is 27.1 Å². The zero-order chi connectivity index (χ0) is 23.0. The highest BCUT2D eigenvalue weighted by atomic mass is 79.9. The second kappa shape index (κ2) is 11.9. The molecule has 4 nitrogen and oxygen atoms in total. The van der Waals surface area contributed by atoms with Crippen LogP contribution in [0.5, 0.6) is 0 Å². The zero-order valence-corrected chi connectivity index (χ0v) is 21.6. The van der Waals surface area contributed by atoms with Crippen LogP contribution in [-0.2, 0) is 16.1 Å². The molecular formula is C24H30BrClN2O2S. The van der Waals surface area contributed by atoms with Crippen molar-refractivity contribution in [2.24, 2.45) is 0 Å². The van der Waals surface area contributed by atoms with Crippen LogP contribution < -0.4 is 5.32 Å². The summed E-state index contributed by atoms with van der Waals surface area (Å²) in [7, 11) is 0. The van der Waals surface area contributed by atoms with Gasteiger partial charge in [-0.3, -0.25) is 9.59 Å². The lowest BCUT2D eigenvalue weighted by Gasteiger charge is -2.31. The number of hydrogen-bond acceptors (Lipinski definition) is 3. The van der Waals surface area contributed by atoms with Crippen LogP contribution in [0, 0.1) is 0 Å². The molecule has 0 aliphatic heterocycles. The van der Waals surface area contributed by atoms with Crippen LogP contribution in [0.4, 0.5) is 0 Å². The number of carbonyl (C=O) groups excluding carboxylic acids is 2. The van der Waals surface area contributed by atoms with E-state index >= 15 is 0 Å². The number of nitrogens with zero attached hydrogens (tertiary/aromatic N) is 1. The minimum Gasteiger partial charge on any atom is -0.350 e. The maximum absolute atomic E-state index is 13.1. The Kier molecular flexibility index (Phi) is 9.91. The van der Waals surface area contributed by atoms with Gasteiger partial charge >= 0.3 is 0 Å². The van der Waals surface area contributed by atoms with E-state index in [0.29, 0.717) is 18.0 Å². The molecule has 0 saturated carbocycles. The fourth-order valence-corrected chi connectivity index (χ4v) is 4.17. The Morgan fingerprint density at radius 3 is 2.29 bits per heavy atom. The molecule has 0 aromatic heterocycles. The highest BCUT2D eigenvalue weighted by Crippen LogP contribution is 2.22. The highest BCUT2D eigenvalue weighted by molar-refractivity contribution is 9.10. The van der Waals surface area contributed by atoms with E-state index in [1.807, 2.05) is 69.3 Å². The third kappa shape index (κ3) is 9.26. The van der Waals surface area contributed by atoms with E-state index in [1.165, 1.54) is 0 Å². The fraction of sp³-hybridized carbons (Fsp3) is 0.417. The Labute approximate surface area is 203 Å². The monoisotopic (exact) mass is 524 g/mol. The number of rotatable bonds is 9. The smallest absolute Gasteiger partial charge is 0.242 e.